The first-order valence-electron chi connectivity index (χ1n) is 6.47. The monoisotopic (exact) mass is 273 g/mol. The number of nitrogens with zero attached hydrogens (tertiary/aromatic N) is 2. The van der Waals surface area contributed by atoms with Crippen LogP contribution in [-0.4, -0.2) is 37.4 Å². The minimum atomic E-state index is -0.716. The van der Waals surface area contributed by atoms with E-state index < -0.39 is 5.92 Å². The highest BCUT2D eigenvalue weighted by molar-refractivity contribution is 5.82. The molecule has 0 aromatic heterocycles. The van der Waals surface area contributed by atoms with Gasteiger partial charge in [-0.1, -0.05) is 30.3 Å². The lowest BCUT2D eigenvalue weighted by molar-refractivity contribution is -0.132. The Morgan fingerprint density at radius 3 is 2.55 bits per heavy atom. The highest BCUT2D eigenvalue weighted by Crippen LogP contribution is 2.11. The van der Waals surface area contributed by atoms with Crippen molar-refractivity contribution in [1.82, 2.24) is 10.2 Å². The van der Waals surface area contributed by atoms with E-state index in [0.717, 1.165) is 5.56 Å². The third-order valence-corrected chi connectivity index (χ3v) is 3.07. The van der Waals surface area contributed by atoms with Crippen molar-refractivity contribution in [3.63, 3.8) is 0 Å². The molecule has 1 rings (SSSR count). The molecule has 1 N–H and O–H groups in total. The lowest BCUT2D eigenvalue weighted by Gasteiger charge is -2.19. The van der Waals surface area contributed by atoms with E-state index in [4.69, 9.17) is 5.26 Å². The molecule has 2 amide bonds. The van der Waals surface area contributed by atoms with E-state index in [2.05, 4.69) is 5.32 Å². The number of amides is 2. The van der Waals surface area contributed by atoms with Crippen LogP contribution in [0.4, 0.5) is 0 Å². The SMILES string of the molecule is CNC(=O)CCN(C)C(=O)C(C#N)Cc1ccccc1. The van der Waals surface area contributed by atoms with Gasteiger partial charge in [0.2, 0.25) is 11.8 Å². The first kappa shape index (κ1) is 15.7. The Balaban J connectivity index is 2.58. The van der Waals surface area contributed by atoms with E-state index in [0.29, 0.717) is 13.0 Å². The first-order valence-corrected chi connectivity index (χ1v) is 6.47. The Bertz CT molecular complexity index is 494. The number of hydrogen-bond acceptors (Lipinski definition) is 3. The van der Waals surface area contributed by atoms with E-state index in [-0.39, 0.29) is 18.2 Å². The summed E-state index contributed by atoms with van der Waals surface area (Å²) in [4.78, 5) is 24.7. The van der Waals surface area contributed by atoms with Gasteiger partial charge in [-0.2, -0.15) is 5.26 Å². The van der Waals surface area contributed by atoms with Crippen molar-refractivity contribution in [2.24, 2.45) is 5.92 Å². The molecule has 106 valence electrons. The molecule has 1 aromatic rings. The standard InChI is InChI=1S/C15H19N3O2/c1-17-14(19)8-9-18(2)15(20)13(11-16)10-12-6-4-3-5-7-12/h3-7,13H,8-10H2,1-2H3,(H,17,19). The number of nitriles is 1. The Labute approximate surface area is 119 Å². The predicted molar refractivity (Wildman–Crippen MR) is 75.6 cm³/mol. The van der Waals surface area contributed by atoms with Crippen molar-refractivity contribution < 1.29 is 9.59 Å². The number of carbonyl (C=O) groups is 2. The summed E-state index contributed by atoms with van der Waals surface area (Å²) >= 11 is 0. The van der Waals surface area contributed by atoms with Gasteiger partial charge in [0.15, 0.2) is 0 Å². The lowest BCUT2D eigenvalue weighted by Crippen LogP contribution is -2.36. The fourth-order valence-electron chi connectivity index (χ4n) is 1.81. The average molecular weight is 273 g/mol. The zero-order valence-corrected chi connectivity index (χ0v) is 11.8. The average Bonchev–Trinajstić information content (AvgIpc) is 2.50. The summed E-state index contributed by atoms with van der Waals surface area (Å²) in [5, 5.41) is 11.7. The van der Waals surface area contributed by atoms with Crippen molar-refractivity contribution >= 4 is 11.8 Å². The summed E-state index contributed by atoms with van der Waals surface area (Å²) in [6.45, 7) is 0.311. The van der Waals surface area contributed by atoms with Crippen LogP contribution in [0.1, 0.15) is 12.0 Å². The van der Waals surface area contributed by atoms with Crippen LogP contribution in [0.5, 0.6) is 0 Å². The Hall–Kier alpha value is -2.35. The smallest absolute Gasteiger partial charge is 0.240 e. The van der Waals surface area contributed by atoms with Gasteiger partial charge in [-0.3, -0.25) is 9.59 Å². The predicted octanol–water partition coefficient (Wildman–Crippen LogP) is 0.963. The fourth-order valence-corrected chi connectivity index (χ4v) is 1.81. The Morgan fingerprint density at radius 1 is 1.35 bits per heavy atom. The molecule has 0 spiro atoms. The number of carbonyl (C=O) groups excluding carboxylic acids is 2. The number of rotatable bonds is 6. The molecule has 0 radical (unpaired) electrons. The molecule has 1 unspecified atom stereocenters. The molecule has 1 atom stereocenters. The van der Waals surface area contributed by atoms with Crippen molar-refractivity contribution in [2.75, 3.05) is 20.6 Å². The Morgan fingerprint density at radius 2 is 2.00 bits per heavy atom. The van der Waals surface area contributed by atoms with E-state index in [1.54, 1.807) is 14.1 Å². The van der Waals surface area contributed by atoms with E-state index in [1.807, 2.05) is 36.4 Å². The largest absolute Gasteiger partial charge is 0.359 e. The van der Waals surface area contributed by atoms with Gasteiger partial charge in [0, 0.05) is 27.1 Å². The molecule has 0 bridgehead atoms. The van der Waals surface area contributed by atoms with E-state index in [9.17, 15) is 9.59 Å². The van der Waals surface area contributed by atoms with Crippen molar-refractivity contribution in [3.8, 4) is 6.07 Å². The van der Waals surface area contributed by atoms with Crippen molar-refractivity contribution in [3.05, 3.63) is 35.9 Å². The van der Waals surface area contributed by atoms with Crippen LogP contribution >= 0.6 is 0 Å². The minimum Gasteiger partial charge on any atom is -0.359 e. The molecule has 20 heavy (non-hydrogen) atoms. The van der Waals surface area contributed by atoms with Crippen LogP contribution in [0.25, 0.3) is 0 Å². The molecule has 0 aliphatic rings. The summed E-state index contributed by atoms with van der Waals surface area (Å²) in [5.41, 5.74) is 0.951. The second-order valence-electron chi connectivity index (χ2n) is 4.55. The molecule has 0 saturated heterocycles. The highest BCUT2D eigenvalue weighted by atomic mass is 16.2. The normalized spacial score (nSPS) is 11.2. The van der Waals surface area contributed by atoms with Crippen molar-refractivity contribution in [2.45, 2.75) is 12.8 Å². The second kappa shape index (κ2) is 7.95. The van der Waals surface area contributed by atoms with Gasteiger partial charge in [-0.05, 0) is 12.0 Å². The number of hydrogen-bond donors (Lipinski definition) is 1. The summed E-state index contributed by atoms with van der Waals surface area (Å²) in [6, 6.07) is 11.5. The number of benzene rings is 1. The molecule has 1 aromatic carbocycles. The summed E-state index contributed by atoms with van der Waals surface area (Å²) in [5.74, 6) is -1.09. The fraction of sp³-hybridized carbons (Fsp3) is 0.400. The quantitative estimate of drug-likeness (QED) is 0.839. The van der Waals surface area contributed by atoms with Gasteiger partial charge in [0.25, 0.3) is 0 Å². The maximum atomic E-state index is 12.2. The van der Waals surface area contributed by atoms with E-state index >= 15 is 0 Å². The summed E-state index contributed by atoms with van der Waals surface area (Å²) in [6.07, 6.45) is 0.628. The van der Waals surface area contributed by atoms with Gasteiger partial charge >= 0.3 is 0 Å². The van der Waals surface area contributed by atoms with Gasteiger partial charge in [-0.25, -0.2) is 0 Å². The third kappa shape index (κ3) is 4.73. The molecule has 0 heterocycles. The van der Waals surface area contributed by atoms with Gasteiger partial charge in [0.05, 0.1) is 6.07 Å². The minimum absolute atomic E-state index is 0.124. The molecular formula is C15H19N3O2. The molecule has 0 saturated carbocycles. The molecule has 5 nitrogen and oxygen atoms in total. The van der Waals surface area contributed by atoms with Crippen LogP contribution in [0, 0.1) is 17.2 Å². The van der Waals surface area contributed by atoms with Gasteiger partial charge in [0.1, 0.15) is 5.92 Å². The summed E-state index contributed by atoms with van der Waals surface area (Å²) < 4.78 is 0. The maximum Gasteiger partial charge on any atom is 0.240 e. The van der Waals surface area contributed by atoms with E-state index in [1.165, 1.54) is 4.90 Å². The third-order valence-electron chi connectivity index (χ3n) is 3.07. The highest BCUT2D eigenvalue weighted by Gasteiger charge is 2.22. The molecular weight excluding hydrogens is 254 g/mol. The maximum absolute atomic E-state index is 12.2. The van der Waals surface area contributed by atoms with Crippen LogP contribution in [0.15, 0.2) is 30.3 Å². The van der Waals surface area contributed by atoms with Crippen LogP contribution < -0.4 is 5.32 Å². The zero-order valence-electron chi connectivity index (χ0n) is 11.8. The molecule has 0 aliphatic heterocycles. The topological polar surface area (TPSA) is 73.2 Å². The van der Waals surface area contributed by atoms with Gasteiger partial charge in [-0.15, -0.1) is 0 Å². The zero-order chi connectivity index (χ0) is 15.0. The summed E-state index contributed by atoms with van der Waals surface area (Å²) in [7, 11) is 3.16. The van der Waals surface area contributed by atoms with Gasteiger partial charge < -0.3 is 10.2 Å². The van der Waals surface area contributed by atoms with Crippen molar-refractivity contribution in [1.29, 1.82) is 5.26 Å². The van der Waals surface area contributed by atoms with Crippen LogP contribution in [0.2, 0.25) is 0 Å². The number of nitrogens with one attached hydrogen (secondary N) is 1. The Kier molecular flexibility index (Phi) is 6.24. The molecule has 5 heteroatoms. The molecule has 0 aliphatic carbocycles. The lowest BCUT2D eigenvalue weighted by atomic mass is 9.99. The molecule has 0 fully saturated rings. The van der Waals surface area contributed by atoms with Crippen LogP contribution in [-0.2, 0) is 16.0 Å². The second-order valence-corrected chi connectivity index (χ2v) is 4.55. The first-order chi connectivity index (χ1) is 9.58. The van der Waals surface area contributed by atoms with Crippen LogP contribution in [0.3, 0.4) is 0 Å².